The maximum absolute atomic E-state index is 11.6. The van der Waals surface area contributed by atoms with Crippen LogP contribution in [0.5, 0.6) is 0 Å². The first-order valence-corrected chi connectivity index (χ1v) is 7.04. The monoisotopic (exact) mass is 329 g/mol. The zero-order chi connectivity index (χ0) is 14.3. The molecule has 0 saturated heterocycles. The molecule has 4 nitrogen and oxygen atoms in total. The third-order valence-corrected chi connectivity index (χ3v) is 3.17. The molecule has 0 aromatic carbocycles. The van der Waals surface area contributed by atoms with Crippen molar-refractivity contribution in [2.75, 3.05) is 13.2 Å². The molecule has 1 aromatic heterocycles. The molecule has 0 aliphatic carbocycles. The van der Waals surface area contributed by atoms with Crippen molar-refractivity contribution in [3.05, 3.63) is 28.6 Å². The third-order valence-electron chi connectivity index (χ3n) is 2.75. The van der Waals surface area contributed by atoms with Gasteiger partial charge in [-0.1, -0.05) is 13.8 Å². The Balaban J connectivity index is 2.37. The summed E-state index contributed by atoms with van der Waals surface area (Å²) in [5.41, 5.74) is -0.0139. The van der Waals surface area contributed by atoms with E-state index in [1.807, 2.05) is 0 Å². The van der Waals surface area contributed by atoms with Crippen molar-refractivity contribution in [1.82, 2.24) is 5.32 Å². The van der Waals surface area contributed by atoms with Crippen LogP contribution in [-0.4, -0.2) is 24.2 Å². The van der Waals surface area contributed by atoms with Crippen LogP contribution < -0.4 is 5.32 Å². The number of carbonyl (C=O) groups is 1. The predicted octanol–water partition coefficient (Wildman–Crippen LogP) is 2.97. The Bertz CT molecular complexity index is 438. The van der Waals surface area contributed by atoms with Gasteiger partial charge in [0.15, 0.2) is 4.67 Å². The summed E-state index contributed by atoms with van der Waals surface area (Å²) in [7, 11) is 0. The Labute approximate surface area is 122 Å². The highest BCUT2D eigenvalue weighted by Crippen LogP contribution is 2.20. The zero-order valence-corrected chi connectivity index (χ0v) is 12.9. The van der Waals surface area contributed by atoms with E-state index < -0.39 is 0 Å². The smallest absolute Gasteiger partial charge is 0.244 e. The van der Waals surface area contributed by atoms with Crippen molar-refractivity contribution in [1.29, 1.82) is 0 Å². The van der Waals surface area contributed by atoms with Crippen molar-refractivity contribution in [3.63, 3.8) is 0 Å². The van der Waals surface area contributed by atoms with Crippen molar-refractivity contribution in [2.45, 2.75) is 26.7 Å². The molecule has 0 aliphatic heterocycles. The lowest BCUT2D eigenvalue weighted by molar-refractivity contribution is -0.116. The lowest BCUT2D eigenvalue weighted by Crippen LogP contribution is -2.33. The van der Waals surface area contributed by atoms with Gasteiger partial charge in [0.1, 0.15) is 5.76 Å². The number of nitrogens with one attached hydrogen (secondary N) is 1. The molecule has 5 heteroatoms. The molecule has 0 aliphatic rings. The molecule has 0 saturated carbocycles. The van der Waals surface area contributed by atoms with Crippen LogP contribution in [-0.2, 0) is 4.79 Å². The van der Waals surface area contributed by atoms with Crippen LogP contribution in [0.2, 0.25) is 0 Å². The van der Waals surface area contributed by atoms with Gasteiger partial charge in [0.2, 0.25) is 5.91 Å². The fraction of sp³-hybridized carbons (Fsp3) is 0.500. The Morgan fingerprint density at radius 3 is 2.84 bits per heavy atom. The van der Waals surface area contributed by atoms with Crippen LogP contribution >= 0.6 is 15.9 Å². The number of hydrogen-bond donors (Lipinski definition) is 2. The van der Waals surface area contributed by atoms with E-state index in [1.54, 1.807) is 18.2 Å². The SMILES string of the molecule is CC(C)(CCCO)CNC(=O)/C=C/c1ccc(Br)o1. The molecule has 0 unspecified atom stereocenters. The Kier molecular flexibility index (Phi) is 6.31. The zero-order valence-electron chi connectivity index (χ0n) is 11.3. The molecule has 1 amide bonds. The lowest BCUT2D eigenvalue weighted by Gasteiger charge is -2.24. The second-order valence-corrected chi connectivity index (χ2v) is 5.97. The molecule has 0 fully saturated rings. The van der Waals surface area contributed by atoms with Gasteiger partial charge in [0.05, 0.1) is 0 Å². The Morgan fingerprint density at radius 2 is 2.26 bits per heavy atom. The number of hydrogen-bond acceptors (Lipinski definition) is 3. The van der Waals surface area contributed by atoms with Gasteiger partial charge in [-0.05, 0) is 52.4 Å². The average Bonchev–Trinajstić information content (AvgIpc) is 2.77. The summed E-state index contributed by atoms with van der Waals surface area (Å²) in [5.74, 6) is 0.478. The van der Waals surface area contributed by atoms with Crippen LogP contribution in [0.15, 0.2) is 27.3 Å². The average molecular weight is 330 g/mol. The summed E-state index contributed by atoms with van der Waals surface area (Å²) < 4.78 is 5.89. The van der Waals surface area contributed by atoms with Gasteiger partial charge < -0.3 is 14.8 Å². The molecule has 1 heterocycles. The van der Waals surface area contributed by atoms with Gasteiger partial charge in [-0.15, -0.1) is 0 Å². The van der Waals surface area contributed by atoms with Crippen molar-refractivity contribution in [2.24, 2.45) is 5.41 Å². The Morgan fingerprint density at radius 1 is 1.53 bits per heavy atom. The molecule has 1 aromatic rings. The molecule has 106 valence electrons. The fourth-order valence-electron chi connectivity index (χ4n) is 1.61. The van der Waals surface area contributed by atoms with Crippen LogP contribution in [0.25, 0.3) is 6.08 Å². The van der Waals surface area contributed by atoms with Crippen molar-refractivity contribution in [3.8, 4) is 0 Å². The predicted molar refractivity (Wildman–Crippen MR) is 78.6 cm³/mol. The molecule has 2 N–H and O–H groups in total. The van der Waals surface area contributed by atoms with Crippen LogP contribution in [0.3, 0.4) is 0 Å². The van der Waals surface area contributed by atoms with Gasteiger partial charge in [-0.25, -0.2) is 0 Å². The minimum absolute atomic E-state index is 0.0139. The highest BCUT2D eigenvalue weighted by Gasteiger charge is 2.17. The van der Waals surface area contributed by atoms with E-state index in [0.717, 1.165) is 12.8 Å². The van der Waals surface area contributed by atoms with E-state index in [2.05, 4.69) is 35.1 Å². The standard InChI is InChI=1S/C14H20BrNO3/c1-14(2,8-3-9-17)10-16-13(18)7-5-11-4-6-12(15)19-11/h4-7,17H,3,8-10H2,1-2H3,(H,16,18)/b7-5+. The van der Waals surface area contributed by atoms with E-state index in [0.29, 0.717) is 17.0 Å². The number of carbonyl (C=O) groups excluding carboxylic acids is 1. The highest BCUT2D eigenvalue weighted by atomic mass is 79.9. The second kappa shape index (κ2) is 7.50. The number of aliphatic hydroxyl groups is 1. The molecule has 0 bridgehead atoms. The van der Waals surface area contributed by atoms with Gasteiger partial charge in [-0.3, -0.25) is 4.79 Å². The second-order valence-electron chi connectivity index (χ2n) is 5.18. The van der Waals surface area contributed by atoms with Gasteiger partial charge in [0.25, 0.3) is 0 Å². The molecular formula is C14H20BrNO3. The highest BCUT2D eigenvalue weighted by molar-refractivity contribution is 9.10. The molecule has 0 spiro atoms. The minimum atomic E-state index is -0.149. The van der Waals surface area contributed by atoms with Gasteiger partial charge in [-0.2, -0.15) is 0 Å². The Hall–Kier alpha value is -1.07. The van der Waals surface area contributed by atoms with Crippen molar-refractivity contribution >= 4 is 27.9 Å². The quantitative estimate of drug-likeness (QED) is 0.756. The maximum atomic E-state index is 11.6. The van der Waals surface area contributed by atoms with Crippen LogP contribution in [0.1, 0.15) is 32.4 Å². The number of furan rings is 1. The van der Waals surface area contributed by atoms with Crippen molar-refractivity contribution < 1.29 is 14.3 Å². The van der Waals surface area contributed by atoms with Gasteiger partial charge >= 0.3 is 0 Å². The topological polar surface area (TPSA) is 62.5 Å². The molecule has 19 heavy (non-hydrogen) atoms. The summed E-state index contributed by atoms with van der Waals surface area (Å²) in [6, 6.07) is 3.55. The number of amides is 1. The summed E-state index contributed by atoms with van der Waals surface area (Å²) >= 11 is 3.20. The number of rotatable bonds is 7. The normalized spacial score (nSPS) is 12.0. The summed E-state index contributed by atoms with van der Waals surface area (Å²) in [6.07, 6.45) is 4.70. The largest absolute Gasteiger partial charge is 0.450 e. The van der Waals surface area contributed by atoms with E-state index in [4.69, 9.17) is 9.52 Å². The summed E-state index contributed by atoms with van der Waals surface area (Å²) in [4.78, 5) is 11.6. The minimum Gasteiger partial charge on any atom is -0.450 e. The molecule has 1 rings (SSSR count). The summed E-state index contributed by atoms with van der Waals surface area (Å²) in [5, 5.41) is 11.7. The first kappa shape index (κ1) is 16.0. The van der Waals surface area contributed by atoms with E-state index in [1.165, 1.54) is 6.08 Å². The van der Waals surface area contributed by atoms with Crippen LogP contribution in [0, 0.1) is 5.41 Å². The van der Waals surface area contributed by atoms with E-state index in [9.17, 15) is 4.79 Å². The molecule has 0 radical (unpaired) electrons. The summed E-state index contributed by atoms with van der Waals surface area (Å²) in [6.45, 7) is 4.90. The number of halogens is 1. The molecular weight excluding hydrogens is 310 g/mol. The first-order chi connectivity index (χ1) is 8.93. The van der Waals surface area contributed by atoms with Gasteiger partial charge in [0, 0.05) is 19.2 Å². The molecule has 0 atom stereocenters. The van der Waals surface area contributed by atoms with E-state index in [-0.39, 0.29) is 17.9 Å². The fourth-order valence-corrected chi connectivity index (χ4v) is 1.93. The van der Waals surface area contributed by atoms with E-state index >= 15 is 0 Å². The lowest BCUT2D eigenvalue weighted by atomic mass is 9.88. The maximum Gasteiger partial charge on any atom is 0.244 e. The third kappa shape index (κ3) is 6.59. The number of aliphatic hydroxyl groups excluding tert-OH is 1. The first-order valence-electron chi connectivity index (χ1n) is 6.25. The van der Waals surface area contributed by atoms with Crippen LogP contribution in [0.4, 0.5) is 0 Å².